The number of carbonyl (C=O) groups is 2. The summed E-state index contributed by atoms with van der Waals surface area (Å²) in [6.07, 6.45) is 1.62. The van der Waals surface area contributed by atoms with Gasteiger partial charge >= 0.3 is 0 Å². The van der Waals surface area contributed by atoms with E-state index in [-0.39, 0.29) is 11.8 Å². The number of anilines is 1. The summed E-state index contributed by atoms with van der Waals surface area (Å²) >= 11 is 3.49. The van der Waals surface area contributed by atoms with Crippen LogP contribution in [0.25, 0.3) is 0 Å². The zero-order valence-electron chi connectivity index (χ0n) is 13.3. The summed E-state index contributed by atoms with van der Waals surface area (Å²) in [6.45, 7) is 3.06. The molecule has 2 atom stereocenters. The number of hydrogen-bond acceptors (Lipinski definition) is 3. The van der Waals surface area contributed by atoms with Crippen LogP contribution in [0.2, 0.25) is 0 Å². The molecule has 2 saturated heterocycles. The van der Waals surface area contributed by atoms with Crippen LogP contribution >= 0.6 is 15.9 Å². The number of halogens is 1. The minimum absolute atomic E-state index is 0.00292. The van der Waals surface area contributed by atoms with Crippen LogP contribution in [0.5, 0.6) is 0 Å². The second-order valence-corrected chi connectivity index (χ2v) is 7.13. The molecule has 0 bridgehead atoms. The number of likely N-dealkylation sites (tertiary alicyclic amines) is 1. The molecule has 6 heteroatoms. The molecule has 1 aromatic carbocycles. The molecule has 0 radical (unpaired) electrons. The van der Waals surface area contributed by atoms with Crippen LogP contribution in [-0.4, -0.2) is 49.9 Å². The molecule has 0 saturated carbocycles. The van der Waals surface area contributed by atoms with Gasteiger partial charge in [-0.25, -0.2) is 0 Å². The fraction of sp³-hybridized carbons (Fsp3) is 0.529. The van der Waals surface area contributed by atoms with Gasteiger partial charge in [0, 0.05) is 24.1 Å². The van der Waals surface area contributed by atoms with E-state index in [9.17, 15) is 9.59 Å². The largest absolute Gasteiger partial charge is 0.342 e. The van der Waals surface area contributed by atoms with Gasteiger partial charge in [0.2, 0.25) is 11.8 Å². The Labute approximate surface area is 145 Å². The van der Waals surface area contributed by atoms with Crippen molar-refractivity contribution >= 4 is 33.4 Å². The lowest BCUT2D eigenvalue weighted by Gasteiger charge is -2.21. The minimum Gasteiger partial charge on any atom is -0.342 e. The molecule has 124 valence electrons. The highest BCUT2D eigenvalue weighted by Crippen LogP contribution is 2.32. The van der Waals surface area contributed by atoms with Gasteiger partial charge < -0.3 is 15.1 Å². The van der Waals surface area contributed by atoms with Crippen molar-refractivity contribution in [1.29, 1.82) is 0 Å². The highest BCUT2D eigenvalue weighted by molar-refractivity contribution is 9.10. The van der Waals surface area contributed by atoms with Crippen molar-refractivity contribution < 1.29 is 9.59 Å². The van der Waals surface area contributed by atoms with E-state index in [4.69, 9.17) is 0 Å². The molecule has 2 unspecified atom stereocenters. The van der Waals surface area contributed by atoms with Crippen LogP contribution in [0.3, 0.4) is 0 Å². The maximum absolute atomic E-state index is 12.7. The van der Waals surface area contributed by atoms with Crippen LogP contribution in [0, 0.1) is 11.8 Å². The molecule has 0 aliphatic carbocycles. The zero-order chi connectivity index (χ0) is 16.4. The topological polar surface area (TPSA) is 52.7 Å². The van der Waals surface area contributed by atoms with E-state index in [0.717, 1.165) is 36.2 Å². The molecule has 23 heavy (non-hydrogen) atoms. The van der Waals surface area contributed by atoms with Gasteiger partial charge in [-0.1, -0.05) is 12.1 Å². The molecule has 2 fully saturated rings. The van der Waals surface area contributed by atoms with E-state index in [1.54, 1.807) is 4.90 Å². The standard InChI is InChI=1S/C17H22BrN3O2/c1-19-10-12-6-8-20(11-12)16(22)13-7-9-21(17(13)23)15-5-3-2-4-14(15)18/h2-5,12-13,19H,6-11H2,1H3. The predicted octanol–water partition coefficient (Wildman–Crippen LogP) is 1.87. The van der Waals surface area contributed by atoms with E-state index in [1.807, 2.05) is 36.2 Å². The fourth-order valence-electron chi connectivity index (χ4n) is 3.53. The first-order chi connectivity index (χ1) is 11.1. The number of nitrogens with zero attached hydrogens (tertiary/aromatic N) is 2. The highest BCUT2D eigenvalue weighted by atomic mass is 79.9. The SMILES string of the molecule is CNCC1CCN(C(=O)C2CCN(c3ccccc3Br)C2=O)C1. The summed E-state index contributed by atoms with van der Waals surface area (Å²) in [5, 5.41) is 3.16. The van der Waals surface area contributed by atoms with E-state index in [2.05, 4.69) is 21.2 Å². The number of amides is 2. The summed E-state index contributed by atoms with van der Waals surface area (Å²) < 4.78 is 0.886. The number of benzene rings is 1. The third kappa shape index (κ3) is 3.28. The third-order valence-corrected chi connectivity index (χ3v) is 5.41. The predicted molar refractivity (Wildman–Crippen MR) is 93.2 cm³/mol. The minimum atomic E-state index is -0.518. The van der Waals surface area contributed by atoms with Gasteiger partial charge in [-0.05, 0) is 60.4 Å². The third-order valence-electron chi connectivity index (χ3n) is 4.74. The average molecular weight is 380 g/mol. The molecule has 2 amide bonds. The molecule has 0 aromatic heterocycles. The van der Waals surface area contributed by atoms with Gasteiger partial charge in [0.25, 0.3) is 0 Å². The molecule has 2 heterocycles. The van der Waals surface area contributed by atoms with Gasteiger partial charge in [-0.15, -0.1) is 0 Å². The number of rotatable bonds is 4. The molecular weight excluding hydrogens is 358 g/mol. The number of para-hydroxylation sites is 1. The van der Waals surface area contributed by atoms with E-state index in [0.29, 0.717) is 18.9 Å². The Morgan fingerprint density at radius 1 is 1.30 bits per heavy atom. The molecule has 3 rings (SSSR count). The highest BCUT2D eigenvalue weighted by Gasteiger charge is 2.41. The lowest BCUT2D eigenvalue weighted by molar-refractivity contribution is -0.139. The molecule has 5 nitrogen and oxygen atoms in total. The quantitative estimate of drug-likeness (QED) is 0.812. The van der Waals surface area contributed by atoms with Crippen LogP contribution in [0.4, 0.5) is 5.69 Å². The first-order valence-electron chi connectivity index (χ1n) is 8.11. The summed E-state index contributed by atoms with van der Waals surface area (Å²) in [4.78, 5) is 29.0. The molecule has 1 N–H and O–H groups in total. The van der Waals surface area contributed by atoms with Crippen molar-refractivity contribution in [2.75, 3.05) is 38.1 Å². The number of hydrogen-bond donors (Lipinski definition) is 1. The van der Waals surface area contributed by atoms with Crippen LogP contribution in [0.1, 0.15) is 12.8 Å². The summed E-state index contributed by atoms with van der Waals surface area (Å²) in [5.74, 6) is -0.0857. The van der Waals surface area contributed by atoms with Crippen molar-refractivity contribution in [1.82, 2.24) is 10.2 Å². The summed E-state index contributed by atoms with van der Waals surface area (Å²) in [7, 11) is 1.93. The molecule has 1 aromatic rings. The smallest absolute Gasteiger partial charge is 0.239 e. The average Bonchev–Trinajstić information content (AvgIpc) is 3.15. The first-order valence-corrected chi connectivity index (χ1v) is 8.90. The van der Waals surface area contributed by atoms with Crippen LogP contribution in [-0.2, 0) is 9.59 Å². The van der Waals surface area contributed by atoms with Crippen molar-refractivity contribution in [3.63, 3.8) is 0 Å². The Bertz CT molecular complexity index is 607. The maximum atomic E-state index is 12.7. The Hall–Kier alpha value is -1.40. The Kier molecular flexibility index (Phi) is 5.02. The Morgan fingerprint density at radius 3 is 2.83 bits per heavy atom. The number of carbonyl (C=O) groups excluding carboxylic acids is 2. The van der Waals surface area contributed by atoms with Gasteiger partial charge in [0.15, 0.2) is 0 Å². The molecule has 0 spiro atoms. The van der Waals surface area contributed by atoms with E-state index >= 15 is 0 Å². The fourth-order valence-corrected chi connectivity index (χ4v) is 4.03. The van der Waals surface area contributed by atoms with Crippen molar-refractivity contribution in [3.8, 4) is 0 Å². The van der Waals surface area contributed by atoms with Crippen molar-refractivity contribution in [2.24, 2.45) is 11.8 Å². The van der Waals surface area contributed by atoms with Crippen molar-refractivity contribution in [2.45, 2.75) is 12.8 Å². The normalized spacial score (nSPS) is 24.5. The molecule has 2 aliphatic heterocycles. The van der Waals surface area contributed by atoms with Crippen LogP contribution < -0.4 is 10.2 Å². The van der Waals surface area contributed by atoms with Gasteiger partial charge in [0.05, 0.1) is 5.69 Å². The summed E-state index contributed by atoms with van der Waals surface area (Å²) in [5.41, 5.74) is 0.849. The first kappa shape index (κ1) is 16.5. The zero-order valence-corrected chi connectivity index (χ0v) is 14.9. The Morgan fingerprint density at radius 2 is 2.09 bits per heavy atom. The second-order valence-electron chi connectivity index (χ2n) is 6.28. The second kappa shape index (κ2) is 7.01. The maximum Gasteiger partial charge on any atom is 0.239 e. The lowest BCUT2D eigenvalue weighted by atomic mass is 10.1. The lowest BCUT2D eigenvalue weighted by Crippen LogP contribution is -2.39. The summed E-state index contributed by atoms with van der Waals surface area (Å²) in [6, 6.07) is 7.66. The number of nitrogens with one attached hydrogen (secondary N) is 1. The monoisotopic (exact) mass is 379 g/mol. The van der Waals surface area contributed by atoms with Gasteiger partial charge in [-0.3, -0.25) is 9.59 Å². The van der Waals surface area contributed by atoms with E-state index in [1.165, 1.54) is 0 Å². The molecular formula is C17H22BrN3O2. The van der Waals surface area contributed by atoms with Gasteiger partial charge in [0.1, 0.15) is 5.92 Å². The van der Waals surface area contributed by atoms with Gasteiger partial charge in [-0.2, -0.15) is 0 Å². The molecule has 2 aliphatic rings. The van der Waals surface area contributed by atoms with Crippen molar-refractivity contribution in [3.05, 3.63) is 28.7 Å². The van der Waals surface area contributed by atoms with E-state index < -0.39 is 5.92 Å². The Balaban J connectivity index is 1.67. The van der Waals surface area contributed by atoms with Crippen LogP contribution in [0.15, 0.2) is 28.7 Å².